The zero-order valence-corrected chi connectivity index (χ0v) is 7.94. The number of alkyl halides is 4. The molecule has 0 aliphatic carbocycles. The molecule has 0 saturated heterocycles. The standard InChI is InChI=1S/C6H6ClF4N3O/c7-5-12-3(13-14-5)1-15-2-6(10,11)4(8)9/h4H,1-2H2,(H,12,13,14). The highest BCUT2D eigenvalue weighted by Crippen LogP contribution is 2.23. The first-order chi connectivity index (χ1) is 6.92. The first kappa shape index (κ1) is 12.2. The van der Waals surface area contributed by atoms with E-state index in [-0.39, 0.29) is 17.7 Å². The Labute approximate surface area is 86.6 Å². The van der Waals surface area contributed by atoms with Gasteiger partial charge in [0, 0.05) is 0 Å². The SMILES string of the molecule is FC(F)C(F)(F)COCc1nc(Cl)n[nH]1. The Hall–Kier alpha value is -0.890. The number of ether oxygens (including phenoxy) is 1. The fourth-order valence-corrected chi connectivity index (χ4v) is 0.828. The normalized spacial score (nSPS) is 12.4. The molecule has 0 radical (unpaired) electrons. The van der Waals surface area contributed by atoms with Crippen LogP contribution in [0.2, 0.25) is 5.28 Å². The van der Waals surface area contributed by atoms with E-state index in [0.29, 0.717) is 0 Å². The maximum atomic E-state index is 12.3. The molecule has 0 saturated carbocycles. The van der Waals surface area contributed by atoms with Gasteiger partial charge in [0.1, 0.15) is 13.2 Å². The van der Waals surface area contributed by atoms with Gasteiger partial charge in [-0.25, -0.2) is 8.78 Å². The molecule has 9 heteroatoms. The van der Waals surface area contributed by atoms with Crippen molar-refractivity contribution < 1.29 is 22.3 Å². The third kappa shape index (κ3) is 3.63. The summed E-state index contributed by atoms with van der Waals surface area (Å²) < 4.78 is 52.3. The van der Waals surface area contributed by atoms with Gasteiger partial charge >= 0.3 is 12.3 Å². The largest absolute Gasteiger partial charge is 0.367 e. The van der Waals surface area contributed by atoms with Gasteiger partial charge in [-0.05, 0) is 11.6 Å². The monoisotopic (exact) mass is 247 g/mol. The zero-order valence-electron chi connectivity index (χ0n) is 7.18. The van der Waals surface area contributed by atoms with Gasteiger partial charge in [-0.3, -0.25) is 5.10 Å². The first-order valence-electron chi connectivity index (χ1n) is 3.72. The molecule has 0 aliphatic rings. The van der Waals surface area contributed by atoms with Gasteiger partial charge in [-0.1, -0.05) is 0 Å². The Kier molecular flexibility index (Phi) is 3.86. The van der Waals surface area contributed by atoms with Gasteiger partial charge in [0.2, 0.25) is 5.28 Å². The van der Waals surface area contributed by atoms with Crippen LogP contribution in [-0.4, -0.2) is 34.1 Å². The second kappa shape index (κ2) is 4.75. The van der Waals surface area contributed by atoms with E-state index in [2.05, 4.69) is 19.9 Å². The minimum atomic E-state index is -4.16. The van der Waals surface area contributed by atoms with Crippen molar-refractivity contribution in [3.05, 3.63) is 11.1 Å². The molecule has 0 fully saturated rings. The van der Waals surface area contributed by atoms with Crippen LogP contribution in [0.3, 0.4) is 0 Å². The molecular weight excluding hydrogens is 242 g/mol. The predicted molar refractivity (Wildman–Crippen MR) is 42.0 cm³/mol. The molecule has 0 aromatic carbocycles. The van der Waals surface area contributed by atoms with Crippen molar-refractivity contribution in [2.24, 2.45) is 0 Å². The van der Waals surface area contributed by atoms with E-state index in [9.17, 15) is 17.6 Å². The fraction of sp³-hybridized carbons (Fsp3) is 0.667. The van der Waals surface area contributed by atoms with E-state index < -0.39 is 19.0 Å². The number of hydrogen-bond acceptors (Lipinski definition) is 3. The van der Waals surface area contributed by atoms with Crippen molar-refractivity contribution in [2.75, 3.05) is 6.61 Å². The molecule has 4 nitrogen and oxygen atoms in total. The van der Waals surface area contributed by atoms with Gasteiger partial charge < -0.3 is 4.74 Å². The van der Waals surface area contributed by atoms with E-state index in [4.69, 9.17) is 11.6 Å². The quantitative estimate of drug-likeness (QED) is 0.808. The number of halogens is 5. The Morgan fingerprint density at radius 3 is 2.60 bits per heavy atom. The molecule has 1 aromatic heterocycles. The maximum absolute atomic E-state index is 12.3. The molecule has 1 aromatic rings. The van der Waals surface area contributed by atoms with E-state index >= 15 is 0 Å². The topological polar surface area (TPSA) is 50.8 Å². The van der Waals surface area contributed by atoms with E-state index in [1.165, 1.54) is 0 Å². The van der Waals surface area contributed by atoms with Crippen LogP contribution in [0.4, 0.5) is 17.6 Å². The van der Waals surface area contributed by atoms with Crippen LogP contribution >= 0.6 is 11.6 Å². The number of aromatic nitrogens is 3. The lowest BCUT2D eigenvalue weighted by Gasteiger charge is -2.14. The summed E-state index contributed by atoms with van der Waals surface area (Å²) in [4.78, 5) is 3.52. The van der Waals surface area contributed by atoms with Crippen LogP contribution in [0.15, 0.2) is 0 Å². The Morgan fingerprint density at radius 1 is 1.47 bits per heavy atom. The molecule has 0 unspecified atom stereocenters. The predicted octanol–water partition coefficient (Wildman–Crippen LogP) is 1.88. The molecular formula is C6H6ClF4N3O. The molecule has 1 rings (SSSR count). The molecule has 0 aliphatic heterocycles. The lowest BCUT2D eigenvalue weighted by Crippen LogP contribution is -2.32. The third-order valence-electron chi connectivity index (χ3n) is 1.36. The highest BCUT2D eigenvalue weighted by Gasteiger charge is 2.40. The van der Waals surface area contributed by atoms with Crippen molar-refractivity contribution in [2.45, 2.75) is 19.0 Å². The van der Waals surface area contributed by atoms with Crippen molar-refractivity contribution in [3.63, 3.8) is 0 Å². The zero-order chi connectivity index (χ0) is 11.5. The maximum Gasteiger partial charge on any atom is 0.330 e. The summed E-state index contributed by atoms with van der Waals surface area (Å²) in [5.41, 5.74) is 0. The van der Waals surface area contributed by atoms with Gasteiger partial charge in [0.05, 0.1) is 0 Å². The number of nitrogens with zero attached hydrogens (tertiary/aromatic N) is 2. The van der Waals surface area contributed by atoms with Crippen molar-refractivity contribution >= 4 is 11.6 Å². The van der Waals surface area contributed by atoms with Gasteiger partial charge in [-0.2, -0.15) is 13.8 Å². The van der Waals surface area contributed by atoms with Crippen molar-refractivity contribution in [1.29, 1.82) is 0 Å². The van der Waals surface area contributed by atoms with Crippen LogP contribution < -0.4 is 0 Å². The molecule has 86 valence electrons. The minimum Gasteiger partial charge on any atom is -0.367 e. The fourth-order valence-electron chi connectivity index (χ4n) is 0.683. The number of aromatic amines is 1. The molecule has 0 atom stereocenters. The van der Waals surface area contributed by atoms with Crippen LogP contribution in [0, 0.1) is 0 Å². The summed E-state index contributed by atoms with van der Waals surface area (Å²) in [5, 5.41) is 5.55. The Balaban J connectivity index is 2.33. The van der Waals surface area contributed by atoms with Crippen LogP contribution in [0.1, 0.15) is 5.82 Å². The van der Waals surface area contributed by atoms with Crippen molar-refractivity contribution in [1.82, 2.24) is 15.2 Å². The molecule has 0 amide bonds. The summed E-state index contributed by atoms with van der Waals surface area (Å²) in [5.74, 6) is -4.07. The molecule has 1 N–H and O–H groups in total. The summed E-state index contributed by atoms with van der Waals surface area (Å²) in [7, 11) is 0. The highest BCUT2D eigenvalue weighted by atomic mass is 35.5. The first-order valence-corrected chi connectivity index (χ1v) is 4.10. The van der Waals surface area contributed by atoms with Gasteiger partial charge in [0.15, 0.2) is 5.82 Å². The summed E-state index contributed by atoms with van der Waals surface area (Å²) in [6.45, 7) is -1.77. The van der Waals surface area contributed by atoms with E-state index in [0.717, 1.165) is 0 Å². The molecule has 1 heterocycles. The minimum absolute atomic E-state index is 0.0880. The average Bonchev–Trinajstić information content (AvgIpc) is 2.51. The van der Waals surface area contributed by atoms with Gasteiger partial charge in [0.25, 0.3) is 0 Å². The second-order valence-electron chi connectivity index (χ2n) is 2.61. The smallest absolute Gasteiger partial charge is 0.330 e. The lowest BCUT2D eigenvalue weighted by atomic mass is 10.4. The van der Waals surface area contributed by atoms with Crippen molar-refractivity contribution in [3.8, 4) is 0 Å². The summed E-state index contributed by atoms with van der Waals surface area (Å²) >= 11 is 5.30. The second-order valence-corrected chi connectivity index (χ2v) is 2.94. The molecule has 0 bridgehead atoms. The van der Waals surface area contributed by atoms with E-state index in [1.807, 2.05) is 0 Å². The van der Waals surface area contributed by atoms with Gasteiger partial charge in [-0.15, -0.1) is 5.10 Å². The number of H-pyrrole nitrogens is 1. The summed E-state index contributed by atoms with van der Waals surface area (Å²) in [6, 6.07) is 0. The Bertz CT molecular complexity index is 319. The number of hydrogen-bond donors (Lipinski definition) is 1. The summed E-state index contributed by atoms with van der Waals surface area (Å²) in [6.07, 6.45) is -3.75. The van der Waals surface area contributed by atoms with Crippen LogP contribution in [-0.2, 0) is 11.3 Å². The average molecular weight is 248 g/mol. The molecule has 15 heavy (non-hydrogen) atoms. The number of nitrogens with one attached hydrogen (secondary N) is 1. The molecule has 0 spiro atoms. The van der Waals surface area contributed by atoms with Crippen LogP contribution in [0.25, 0.3) is 0 Å². The van der Waals surface area contributed by atoms with E-state index in [1.54, 1.807) is 0 Å². The third-order valence-corrected chi connectivity index (χ3v) is 1.53. The highest BCUT2D eigenvalue weighted by molar-refractivity contribution is 6.28. The number of rotatable bonds is 5. The van der Waals surface area contributed by atoms with Crippen LogP contribution in [0.5, 0.6) is 0 Å². The lowest BCUT2D eigenvalue weighted by molar-refractivity contribution is -0.168. The Morgan fingerprint density at radius 2 is 2.13 bits per heavy atom.